The average Bonchev–Trinajstić information content (AvgIpc) is 2.52. The maximum atomic E-state index is 12.2. The van der Waals surface area contributed by atoms with Crippen LogP contribution in [0.2, 0.25) is 0 Å². The van der Waals surface area contributed by atoms with E-state index in [9.17, 15) is 8.42 Å². The predicted molar refractivity (Wildman–Crippen MR) is 82.0 cm³/mol. The van der Waals surface area contributed by atoms with Crippen LogP contribution in [0.15, 0.2) is 35.7 Å². The van der Waals surface area contributed by atoms with Crippen molar-refractivity contribution in [2.24, 2.45) is 0 Å². The standard InChI is InChI=1S/C15H21NO4S/c17-11-12-20-15-6-9-16(10-7-15)21(18,19)13-8-14-4-2-1-3-5-14/h1-5,8,13,15,17H,6-7,9-12H2/b13-8+. The van der Waals surface area contributed by atoms with Crippen LogP contribution in [0.5, 0.6) is 0 Å². The van der Waals surface area contributed by atoms with E-state index in [1.165, 1.54) is 9.71 Å². The Morgan fingerprint density at radius 1 is 1.24 bits per heavy atom. The third-order valence-electron chi connectivity index (χ3n) is 3.44. The molecular formula is C15H21NO4S. The molecule has 0 aromatic heterocycles. The van der Waals surface area contributed by atoms with Crippen LogP contribution >= 0.6 is 0 Å². The fraction of sp³-hybridized carbons (Fsp3) is 0.467. The topological polar surface area (TPSA) is 66.8 Å². The molecule has 1 heterocycles. The number of hydrogen-bond donors (Lipinski definition) is 1. The van der Waals surface area contributed by atoms with Crippen LogP contribution < -0.4 is 0 Å². The zero-order valence-electron chi connectivity index (χ0n) is 11.9. The van der Waals surface area contributed by atoms with Crippen molar-refractivity contribution in [2.45, 2.75) is 18.9 Å². The van der Waals surface area contributed by atoms with E-state index in [1.54, 1.807) is 6.08 Å². The van der Waals surface area contributed by atoms with E-state index < -0.39 is 10.0 Å². The number of nitrogens with zero attached hydrogens (tertiary/aromatic N) is 1. The van der Waals surface area contributed by atoms with E-state index >= 15 is 0 Å². The molecule has 0 amide bonds. The van der Waals surface area contributed by atoms with E-state index in [-0.39, 0.29) is 12.7 Å². The number of aliphatic hydroxyl groups excluding tert-OH is 1. The minimum atomic E-state index is -3.38. The fourth-order valence-electron chi connectivity index (χ4n) is 2.29. The predicted octanol–water partition coefficient (Wildman–Crippen LogP) is 1.46. The molecule has 1 aliphatic heterocycles. The summed E-state index contributed by atoms with van der Waals surface area (Å²) in [6.45, 7) is 1.22. The SMILES string of the molecule is O=S(=O)(/C=C/c1ccccc1)N1CCC(OCCO)CC1. The smallest absolute Gasteiger partial charge is 0.236 e. The molecule has 1 N–H and O–H groups in total. The molecule has 0 spiro atoms. The number of benzene rings is 1. The number of hydrogen-bond acceptors (Lipinski definition) is 4. The van der Waals surface area contributed by atoms with Gasteiger partial charge in [0.15, 0.2) is 0 Å². The maximum absolute atomic E-state index is 12.2. The van der Waals surface area contributed by atoms with Crippen LogP contribution in [-0.4, -0.2) is 50.2 Å². The van der Waals surface area contributed by atoms with Gasteiger partial charge in [0.05, 0.1) is 19.3 Å². The quantitative estimate of drug-likeness (QED) is 0.864. The first-order valence-electron chi connectivity index (χ1n) is 7.07. The second-order valence-corrected chi connectivity index (χ2v) is 6.77. The molecule has 0 saturated carbocycles. The van der Waals surface area contributed by atoms with Crippen molar-refractivity contribution in [2.75, 3.05) is 26.3 Å². The lowest BCUT2D eigenvalue weighted by Crippen LogP contribution is -2.40. The van der Waals surface area contributed by atoms with Gasteiger partial charge in [-0.1, -0.05) is 30.3 Å². The van der Waals surface area contributed by atoms with Gasteiger partial charge in [-0.2, -0.15) is 4.31 Å². The van der Waals surface area contributed by atoms with Gasteiger partial charge in [0.2, 0.25) is 10.0 Å². The molecule has 1 aromatic rings. The van der Waals surface area contributed by atoms with Gasteiger partial charge in [-0.3, -0.25) is 0 Å². The third-order valence-corrected chi connectivity index (χ3v) is 5.00. The molecule has 1 fully saturated rings. The van der Waals surface area contributed by atoms with Crippen molar-refractivity contribution in [1.82, 2.24) is 4.31 Å². The third kappa shape index (κ3) is 4.93. The van der Waals surface area contributed by atoms with Gasteiger partial charge >= 0.3 is 0 Å². The Morgan fingerprint density at radius 3 is 2.52 bits per heavy atom. The number of ether oxygens (including phenoxy) is 1. The van der Waals surface area contributed by atoms with Crippen LogP contribution in [0, 0.1) is 0 Å². The molecule has 0 unspecified atom stereocenters. The van der Waals surface area contributed by atoms with Crippen molar-refractivity contribution in [1.29, 1.82) is 0 Å². The first-order valence-corrected chi connectivity index (χ1v) is 8.58. The van der Waals surface area contributed by atoms with Crippen LogP contribution in [0.25, 0.3) is 6.08 Å². The lowest BCUT2D eigenvalue weighted by Gasteiger charge is -2.30. The number of sulfonamides is 1. The van der Waals surface area contributed by atoms with E-state index in [0.29, 0.717) is 32.5 Å². The molecule has 2 rings (SSSR count). The number of aliphatic hydroxyl groups is 1. The Bertz CT molecular complexity index is 548. The van der Waals surface area contributed by atoms with E-state index in [4.69, 9.17) is 9.84 Å². The molecule has 116 valence electrons. The molecule has 1 aliphatic rings. The first kappa shape index (κ1) is 16.2. The first-order chi connectivity index (χ1) is 10.1. The Hall–Kier alpha value is -1.21. The van der Waals surface area contributed by atoms with Gasteiger partial charge in [-0.05, 0) is 24.5 Å². The second-order valence-electron chi connectivity index (χ2n) is 4.95. The second kappa shape index (κ2) is 7.70. The summed E-state index contributed by atoms with van der Waals surface area (Å²) in [7, 11) is -3.38. The molecule has 0 aliphatic carbocycles. The molecule has 0 atom stereocenters. The molecule has 5 nitrogen and oxygen atoms in total. The normalized spacial score (nSPS) is 18.3. The van der Waals surface area contributed by atoms with Crippen molar-refractivity contribution < 1.29 is 18.3 Å². The highest BCUT2D eigenvalue weighted by Crippen LogP contribution is 2.18. The van der Waals surface area contributed by atoms with Crippen LogP contribution in [0.4, 0.5) is 0 Å². The maximum Gasteiger partial charge on any atom is 0.236 e. The van der Waals surface area contributed by atoms with Crippen LogP contribution in [0.1, 0.15) is 18.4 Å². The summed E-state index contributed by atoms with van der Waals surface area (Å²) in [6, 6.07) is 9.36. The van der Waals surface area contributed by atoms with Gasteiger partial charge in [0, 0.05) is 18.5 Å². The summed E-state index contributed by atoms with van der Waals surface area (Å²) < 4.78 is 31.4. The average molecular weight is 311 g/mol. The van der Waals surface area contributed by atoms with Crippen LogP contribution in [0.3, 0.4) is 0 Å². The molecular weight excluding hydrogens is 290 g/mol. The van der Waals surface area contributed by atoms with Crippen molar-refractivity contribution in [3.8, 4) is 0 Å². The summed E-state index contributed by atoms with van der Waals surface area (Å²) in [5, 5.41) is 9.98. The Labute approximate surface area is 125 Å². The van der Waals surface area contributed by atoms with Gasteiger partial charge < -0.3 is 9.84 Å². The van der Waals surface area contributed by atoms with Gasteiger partial charge in [0.1, 0.15) is 0 Å². The van der Waals surface area contributed by atoms with E-state index in [1.807, 2.05) is 30.3 Å². The van der Waals surface area contributed by atoms with Crippen molar-refractivity contribution in [3.05, 3.63) is 41.3 Å². The lowest BCUT2D eigenvalue weighted by molar-refractivity contribution is 0.00332. The Balaban J connectivity index is 1.91. The van der Waals surface area contributed by atoms with E-state index in [2.05, 4.69) is 0 Å². The summed E-state index contributed by atoms with van der Waals surface area (Å²) in [5.41, 5.74) is 0.863. The highest BCUT2D eigenvalue weighted by Gasteiger charge is 2.26. The molecule has 0 radical (unpaired) electrons. The van der Waals surface area contributed by atoms with Crippen molar-refractivity contribution >= 4 is 16.1 Å². The largest absolute Gasteiger partial charge is 0.394 e. The summed E-state index contributed by atoms with van der Waals surface area (Å²) in [5.74, 6) is 0. The van der Waals surface area contributed by atoms with Crippen LogP contribution in [-0.2, 0) is 14.8 Å². The molecule has 21 heavy (non-hydrogen) atoms. The minimum Gasteiger partial charge on any atom is -0.394 e. The lowest BCUT2D eigenvalue weighted by atomic mass is 10.1. The zero-order valence-corrected chi connectivity index (χ0v) is 12.7. The molecule has 1 aromatic carbocycles. The van der Waals surface area contributed by atoms with Gasteiger partial charge in [-0.25, -0.2) is 8.42 Å². The monoisotopic (exact) mass is 311 g/mol. The number of rotatable bonds is 6. The summed E-state index contributed by atoms with van der Waals surface area (Å²) in [4.78, 5) is 0. The summed E-state index contributed by atoms with van der Waals surface area (Å²) >= 11 is 0. The van der Waals surface area contributed by atoms with Gasteiger partial charge in [-0.15, -0.1) is 0 Å². The Kier molecular flexibility index (Phi) is 5.93. The zero-order chi connectivity index (χ0) is 15.1. The van der Waals surface area contributed by atoms with Gasteiger partial charge in [0.25, 0.3) is 0 Å². The highest BCUT2D eigenvalue weighted by atomic mass is 32.2. The molecule has 1 saturated heterocycles. The minimum absolute atomic E-state index is 0.00166. The highest BCUT2D eigenvalue weighted by molar-refractivity contribution is 7.92. The van der Waals surface area contributed by atoms with Crippen molar-refractivity contribution in [3.63, 3.8) is 0 Å². The molecule has 6 heteroatoms. The van der Waals surface area contributed by atoms with E-state index in [0.717, 1.165) is 5.56 Å². The fourth-order valence-corrected chi connectivity index (χ4v) is 3.51. The number of piperidine rings is 1. The molecule has 0 bridgehead atoms. The summed E-state index contributed by atoms with van der Waals surface area (Å²) in [6.07, 6.45) is 2.99. The Morgan fingerprint density at radius 2 is 1.90 bits per heavy atom.